The van der Waals surface area contributed by atoms with E-state index in [4.69, 9.17) is 5.41 Å². The van der Waals surface area contributed by atoms with Crippen molar-refractivity contribution >= 4 is 34.7 Å². The van der Waals surface area contributed by atoms with Crippen LogP contribution in [0.5, 0.6) is 0 Å². The third-order valence-corrected chi connectivity index (χ3v) is 1.31. The zero-order valence-electron chi connectivity index (χ0n) is 5.24. The van der Waals surface area contributed by atoms with Crippen LogP contribution in [0.3, 0.4) is 0 Å². The fourth-order valence-electron chi connectivity index (χ4n) is 0.596. The van der Waals surface area contributed by atoms with Crippen LogP contribution in [0.2, 0.25) is 0 Å². The summed E-state index contributed by atoms with van der Waals surface area (Å²) in [6, 6.07) is 9.41. The molecule has 1 rings (SSSR count). The first-order valence-electron chi connectivity index (χ1n) is 2.63. The van der Waals surface area contributed by atoms with Crippen molar-refractivity contribution < 1.29 is 0 Å². The van der Waals surface area contributed by atoms with Gasteiger partial charge in [0.2, 0.25) is 0 Å². The summed E-state index contributed by atoms with van der Waals surface area (Å²) in [6.45, 7) is 0. The van der Waals surface area contributed by atoms with Gasteiger partial charge in [0.1, 0.15) is 0 Å². The molecule has 0 spiro atoms. The summed E-state index contributed by atoms with van der Waals surface area (Å²) in [7, 11) is 0. The molecule has 1 aromatic carbocycles. The van der Waals surface area contributed by atoms with Gasteiger partial charge < -0.3 is 0 Å². The number of nitrogens with one attached hydrogen (secondary N) is 1. The molecule has 0 atom stereocenters. The molecule has 0 aliphatic heterocycles. The van der Waals surface area contributed by atoms with Crippen LogP contribution in [0, 0.1) is 5.41 Å². The molecule has 1 aromatic rings. The van der Waals surface area contributed by atoms with Crippen molar-refractivity contribution in [1.82, 2.24) is 0 Å². The highest BCUT2D eigenvalue weighted by molar-refractivity contribution is 8.93. The minimum Gasteiger partial charge on any atom is -0.294 e. The molecule has 0 heterocycles. The van der Waals surface area contributed by atoms with E-state index in [-0.39, 0.29) is 17.0 Å². The maximum Gasteiger partial charge on any atom is 0.0911 e. The Hall–Kier alpha value is -0.280. The molecule has 0 radical (unpaired) electrons. The van der Waals surface area contributed by atoms with Crippen LogP contribution in [0.25, 0.3) is 0 Å². The number of hydrogen-bond donors (Lipinski definition) is 2. The molecule has 0 amide bonds. The van der Waals surface area contributed by atoms with Crippen molar-refractivity contribution in [3.05, 3.63) is 35.9 Å². The number of rotatable bonds is 1. The smallest absolute Gasteiger partial charge is 0.0911 e. The van der Waals surface area contributed by atoms with Crippen molar-refractivity contribution in [2.75, 3.05) is 0 Å². The molecule has 3 heteroatoms. The van der Waals surface area contributed by atoms with E-state index in [1.807, 2.05) is 30.3 Å². The first-order valence-corrected chi connectivity index (χ1v) is 3.08. The number of halogens is 1. The topological polar surface area (TPSA) is 23.9 Å². The molecule has 0 aliphatic carbocycles. The highest BCUT2D eigenvalue weighted by Gasteiger charge is 1.89. The van der Waals surface area contributed by atoms with E-state index < -0.39 is 0 Å². The number of thiol groups is 1. The molecule has 1 N–H and O–H groups in total. The normalized spacial score (nSPS) is 8.10. The van der Waals surface area contributed by atoms with Crippen molar-refractivity contribution in [1.29, 1.82) is 5.41 Å². The van der Waals surface area contributed by atoms with Crippen LogP contribution >= 0.6 is 29.6 Å². The predicted molar refractivity (Wildman–Crippen MR) is 52.6 cm³/mol. The average molecular weight is 218 g/mol. The molecule has 54 valence electrons. The van der Waals surface area contributed by atoms with Gasteiger partial charge in [-0.15, -0.1) is 29.6 Å². The van der Waals surface area contributed by atoms with Crippen LogP contribution in [0.1, 0.15) is 5.56 Å². The maximum atomic E-state index is 7.10. The minimum absolute atomic E-state index is 0. The van der Waals surface area contributed by atoms with E-state index in [1.165, 1.54) is 0 Å². The lowest BCUT2D eigenvalue weighted by atomic mass is 10.2. The molecule has 0 unspecified atom stereocenters. The lowest BCUT2D eigenvalue weighted by molar-refractivity contribution is 1.53. The van der Waals surface area contributed by atoms with Gasteiger partial charge in [0.05, 0.1) is 5.04 Å². The van der Waals surface area contributed by atoms with E-state index in [1.54, 1.807) is 0 Å². The molecule has 0 fully saturated rings. The highest BCUT2D eigenvalue weighted by atomic mass is 79.9. The summed E-state index contributed by atoms with van der Waals surface area (Å²) in [4.78, 5) is 0. The fourth-order valence-corrected chi connectivity index (χ4v) is 0.745. The molecule has 0 aliphatic rings. The summed E-state index contributed by atoms with van der Waals surface area (Å²) in [5.74, 6) is 0. The molecule has 0 aromatic heterocycles. The average Bonchev–Trinajstić information content (AvgIpc) is 1.90. The van der Waals surface area contributed by atoms with Crippen LogP contribution in [-0.4, -0.2) is 5.04 Å². The van der Waals surface area contributed by atoms with Crippen LogP contribution < -0.4 is 0 Å². The summed E-state index contributed by atoms with van der Waals surface area (Å²) in [5, 5.41) is 7.41. The SMILES string of the molecule is Br.N=C(S)c1ccccc1. The number of benzene rings is 1. The Morgan fingerprint density at radius 3 is 2.00 bits per heavy atom. The maximum absolute atomic E-state index is 7.10. The van der Waals surface area contributed by atoms with Crippen LogP contribution in [0.4, 0.5) is 0 Å². The second-order valence-electron chi connectivity index (χ2n) is 1.71. The molecule has 1 nitrogen and oxygen atoms in total. The van der Waals surface area contributed by atoms with Crippen molar-refractivity contribution in [2.45, 2.75) is 0 Å². The van der Waals surface area contributed by atoms with Gasteiger partial charge in [0, 0.05) is 5.56 Å². The quantitative estimate of drug-likeness (QED) is 0.411. The zero-order chi connectivity index (χ0) is 6.69. The Morgan fingerprint density at radius 1 is 1.20 bits per heavy atom. The first-order chi connectivity index (χ1) is 4.30. The van der Waals surface area contributed by atoms with E-state index >= 15 is 0 Å². The van der Waals surface area contributed by atoms with Gasteiger partial charge in [0.15, 0.2) is 0 Å². The zero-order valence-corrected chi connectivity index (χ0v) is 7.85. The van der Waals surface area contributed by atoms with E-state index in [9.17, 15) is 0 Å². The third kappa shape index (κ3) is 2.54. The van der Waals surface area contributed by atoms with E-state index in [0.717, 1.165) is 5.56 Å². The summed E-state index contributed by atoms with van der Waals surface area (Å²) >= 11 is 3.87. The predicted octanol–water partition coefficient (Wildman–Crippen LogP) is 2.52. The third-order valence-electron chi connectivity index (χ3n) is 1.05. The molecular formula is C7H8BrNS. The lowest BCUT2D eigenvalue weighted by Crippen LogP contribution is -1.85. The second-order valence-corrected chi connectivity index (χ2v) is 2.16. The molecule has 0 bridgehead atoms. The van der Waals surface area contributed by atoms with Crippen molar-refractivity contribution in [3.8, 4) is 0 Å². The minimum atomic E-state index is 0. The molecular weight excluding hydrogens is 210 g/mol. The summed E-state index contributed by atoms with van der Waals surface area (Å²) in [5.41, 5.74) is 0.862. The fraction of sp³-hybridized carbons (Fsp3) is 0. The highest BCUT2D eigenvalue weighted by Crippen LogP contribution is 2.00. The van der Waals surface area contributed by atoms with Crippen molar-refractivity contribution in [3.63, 3.8) is 0 Å². The van der Waals surface area contributed by atoms with Gasteiger partial charge in [-0.3, -0.25) is 5.41 Å². The largest absolute Gasteiger partial charge is 0.294 e. The Balaban J connectivity index is 0.000000810. The van der Waals surface area contributed by atoms with E-state index in [0.29, 0.717) is 5.04 Å². The summed E-state index contributed by atoms with van der Waals surface area (Å²) in [6.07, 6.45) is 0. The Bertz CT molecular complexity index is 210. The van der Waals surface area contributed by atoms with Gasteiger partial charge in [0.25, 0.3) is 0 Å². The Kier molecular flexibility index (Phi) is 4.40. The number of hydrogen-bond acceptors (Lipinski definition) is 1. The van der Waals surface area contributed by atoms with Gasteiger partial charge >= 0.3 is 0 Å². The second kappa shape index (κ2) is 4.52. The monoisotopic (exact) mass is 217 g/mol. The van der Waals surface area contributed by atoms with Gasteiger partial charge in [-0.25, -0.2) is 0 Å². The lowest BCUT2D eigenvalue weighted by Gasteiger charge is -1.91. The Morgan fingerprint density at radius 2 is 1.70 bits per heavy atom. The van der Waals surface area contributed by atoms with Gasteiger partial charge in [-0.05, 0) is 0 Å². The van der Waals surface area contributed by atoms with Crippen LogP contribution in [-0.2, 0) is 0 Å². The Labute approximate surface area is 76.1 Å². The van der Waals surface area contributed by atoms with Crippen molar-refractivity contribution in [2.24, 2.45) is 0 Å². The van der Waals surface area contributed by atoms with Crippen LogP contribution in [0.15, 0.2) is 30.3 Å². The standard InChI is InChI=1S/C7H7NS.BrH/c8-7(9)6-4-2-1-3-5-6;/h1-5H,(H2,8,9);1H. The van der Waals surface area contributed by atoms with Gasteiger partial charge in [-0.2, -0.15) is 0 Å². The molecule has 0 saturated heterocycles. The first kappa shape index (κ1) is 9.72. The molecule has 10 heavy (non-hydrogen) atoms. The molecule has 0 saturated carbocycles. The van der Waals surface area contributed by atoms with Gasteiger partial charge in [-0.1, -0.05) is 30.3 Å². The summed E-state index contributed by atoms with van der Waals surface area (Å²) < 4.78 is 0. The van der Waals surface area contributed by atoms with E-state index in [2.05, 4.69) is 12.6 Å².